The van der Waals surface area contributed by atoms with Gasteiger partial charge in [-0.15, -0.1) is 0 Å². The van der Waals surface area contributed by atoms with Crippen molar-refractivity contribution in [2.75, 3.05) is 6.61 Å². The summed E-state index contributed by atoms with van der Waals surface area (Å²) in [6.07, 6.45) is 3.07. The van der Waals surface area contributed by atoms with Crippen molar-refractivity contribution in [3.63, 3.8) is 0 Å². The van der Waals surface area contributed by atoms with Gasteiger partial charge >= 0.3 is 0 Å². The number of hydrogen-bond donors (Lipinski definition) is 0. The minimum atomic E-state index is 0.151. The maximum Gasteiger partial charge on any atom is 0.162 e. The van der Waals surface area contributed by atoms with Crippen LogP contribution in [0, 0.1) is 5.92 Å². The zero-order valence-corrected chi connectivity index (χ0v) is 10.9. The van der Waals surface area contributed by atoms with Crippen LogP contribution in [0.1, 0.15) is 36.5 Å². The van der Waals surface area contributed by atoms with Crippen molar-refractivity contribution < 1.29 is 9.53 Å². The maximum atomic E-state index is 11.6. The molecule has 0 spiro atoms. The minimum absolute atomic E-state index is 0.151. The Hall–Kier alpha value is -0.830. The number of hydrogen-bond acceptors (Lipinski definition) is 2. The van der Waals surface area contributed by atoms with E-state index < -0.39 is 0 Å². The van der Waals surface area contributed by atoms with E-state index >= 15 is 0 Å². The van der Waals surface area contributed by atoms with E-state index in [2.05, 4.69) is 15.9 Å². The summed E-state index contributed by atoms with van der Waals surface area (Å²) < 4.78 is 6.56. The summed E-state index contributed by atoms with van der Waals surface area (Å²) in [6.45, 7) is 2.64. The van der Waals surface area contributed by atoms with Crippen molar-refractivity contribution in [3.8, 4) is 5.75 Å². The molecule has 0 amide bonds. The summed E-state index contributed by atoms with van der Waals surface area (Å²) >= 11 is 3.40. The third-order valence-corrected chi connectivity index (χ3v) is 3.15. The van der Waals surface area contributed by atoms with Gasteiger partial charge in [0.2, 0.25) is 0 Å². The number of benzene rings is 1. The average Bonchev–Trinajstić information content (AvgIpc) is 3.08. The van der Waals surface area contributed by atoms with E-state index in [1.807, 2.05) is 25.1 Å². The van der Waals surface area contributed by atoms with E-state index in [9.17, 15) is 4.79 Å². The highest BCUT2D eigenvalue weighted by Crippen LogP contribution is 2.30. The molecule has 1 saturated carbocycles. The van der Waals surface area contributed by atoms with Crippen LogP contribution in [0.3, 0.4) is 0 Å². The summed E-state index contributed by atoms with van der Waals surface area (Å²) in [7, 11) is 0. The summed E-state index contributed by atoms with van der Waals surface area (Å²) in [6, 6.07) is 5.59. The van der Waals surface area contributed by atoms with E-state index in [1.165, 1.54) is 12.8 Å². The fourth-order valence-electron chi connectivity index (χ4n) is 1.51. The number of ether oxygens (including phenoxy) is 1. The van der Waals surface area contributed by atoms with Gasteiger partial charge in [0, 0.05) is 16.5 Å². The molecule has 0 aromatic heterocycles. The molecule has 1 aliphatic carbocycles. The van der Waals surface area contributed by atoms with Gasteiger partial charge in [-0.05, 0) is 37.0 Å². The molecule has 2 nitrogen and oxygen atoms in total. The van der Waals surface area contributed by atoms with Crippen molar-refractivity contribution in [2.45, 2.75) is 26.2 Å². The second-order valence-corrected chi connectivity index (χ2v) is 5.12. The number of carbonyl (C=O) groups is 1. The van der Waals surface area contributed by atoms with E-state index in [0.717, 1.165) is 28.3 Å². The van der Waals surface area contributed by atoms with Crippen LogP contribution in [0.4, 0.5) is 0 Å². The monoisotopic (exact) mass is 282 g/mol. The van der Waals surface area contributed by atoms with Gasteiger partial charge in [-0.2, -0.15) is 0 Å². The number of rotatable bonds is 5. The number of halogens is 1. The molecule has 0 aliphatic heterocycles. The van der Waals surface area contributed by atoms with E-state index in [0.29, 0.717) is 6.42 Å². The van der Waals surface area contributed by atoms with Gasteiger partial charge in [-0.1, -0.05) is 22.9 Å². The van der Waals surface area contributed by atoms with Crippen LogP contribution in [0.5, 0.6) is 5.75 Å². The molecular weight excluding hydrogens is 268 g/mol. The Balaban J connectivity index is 2.10. The van der Waals surface area contributed by atoms with Crippen LogP contribution in [-0.4, -0.2) is 12.4 Å². The molecule has 1 aromatic carbocycles. The first-order chi connectivity index (χ1) is 7.69. The molecule has 0 heterocycles. The molecule has 0 N–H and O–H groups in total. The topological polar surface area (TPSA) is 26.3 Å². The molecule has 86 valence electrons. The summed E-state index contributed by atoms with van der Waals surface area (Å²) in [5.74, 6) is 1.67. The molecule has 16 heavy (non-hydrogen) atoms. The fourth-order valence-corrected chi connectivity index (χ4v) is 1.98. The molecule has 0 bridgehead atoms. The minimum Gasteiger partial charge on any atom is -0.493 e. The molecule has 1 aromatic rings. The third-order valence-electron chi connectivity index (χ3n) is 2.70. The normalized spacial score (nSPS) is 14.9. The van der Waals surface area contributed by atoms with Crippen LogP contribution < -0.4 is 4.74 Å². The Morgan fingerprint density at radius 2 is 2.19 bits per heavy atom. The quantitative estimate of drug-likeness (QED) is 0.768. The lowest BCUT2D eigenvalue weighted by Gasteiger charge is -2.07. The highest BCUT2D eigenvalue weighted by Gasteiger charge is 2.22. The zero-order chi connectivity index (χ0) is 11.5. The third kappa shape index (κ3) is 3.08. The van der Waals surface area contributed by atoms with Crippen LogP contribution >= 0.6 is 15.9 Å². The Kier molecular flexibility index (Phi) is 3.64. The molecule has 1 fully saturated rings. The van der Waals surface area contributed by atoms with Gasteiger partial charge in [-0.3, -0.25) is 4.79 Å². The SMILES string of the molecule is CCC(=O)c1cc(Br)cc(OCC2CC2)c1. The molecule has 2 rings (SSSR count). The smallest absolute Gasteiger partial charge is 0.162 e. The fraction of sp³-hybridized carbons (Fsp3) is 0.462. The van der Waals surface area contributed by atoms with Crippen LogP contribution in [0.25, 0.3) is 0 Å². The zero-order valence-electron chi connectivity index (χ0n) is 9.33. The van der Waals surface area contributed by atoms with Gasteiger partial charge in [0.15, 0.2) is 5.78 Å². The van der Waals surface area contributed by atoms with Gasteiger partial charge < -0.3 is 4.74 Å². The van der Waals surface area contributed by atoms with Gasteiger partial charge in [0.05, 0.1) is 6.61 Å². The molecule has 3 heteroatoms. The lowest BCUT2D eigenvalue weighted by Crippen LogP contribution is -2.01. The second kappa shape index (κ2) is 5.00. The summed E-state index contributed by atoms with van der Waals surface area (Å²) in [5, 5.41) is 0. The summed E-state index contributed by atoms with van der Waals surface area (Å²) in [5.41, 5.74) is 0.725. The Morgan fingerprint density at radius 3 is 2.81 bits per heavy atom. The van der Waals surface area contributed by atoms with Crippen molar-refractivity contribution in [2.24, 2.45) is 5.92 Å². The predicted octanol–water partition coefficient (Wildman–Crippen LogP) is 3.83. The van der Waals surface area contributed by atoms with E-state index in [4.69, 9.17) is 4.74 Å². The standard InChI is InChI=1S/C13H15BrO2/c1-2-13(15)10-5-11(14)7-12(6-10)16-8-9-3-4-9/h5-7,9H,2-4,8H2,1H3. The molecule has 0 unspecified atom stereocenters. The van der Waals surface area contributed by atoms with Crippen molar-refractivity contribution >= 4 is 21.7 Å². The molecular formula is C13H15BrO2. The Bertz CT molecular complexity index is 397. The number of Topliss-reactive ketones (excluding diaryl/α,β-unsaturated/α-hetero) is 1. The van der Waals surface area contributed by atoms with Crippen LogP contribution in [0.15, 0.2) is 22.7 Å². The Morgan fingerprint density at radius 1 is 1.44 bits per heavy atom. The molecule has 0 atom stereocenters. The highest BCUT2D eigenvalue weighted by atomic mass is 79.9. The first-order valence-corrected chi connectivity index (χ1v) is 6.45. The van der Waals surface area contributed by atoms with Crippen molar-refractivity contribution in [3.05, 3.63) is 28.2 Å². The van der Waals surface area contributed by atoms with Crippen LogP contribution in [-0.2, 0) is 0 Å². The highest BCUT2D eigenvalue weighted by molar-refractivity contribution is 9.10. The summed E-state index contributed by atoms with van der Waals surface area (Å²) in [4.78, 5) is 11.6. The lowest BCUT2D eigenvalue weighted by molar-refractivity contribution is 0.0987. The maximum absolute atomic E-state index is 11.6. The predicted molar refractivity (Wildman–Crippen MR) is 67.0 cm³/mol. The second-order valence-electron chi connectivity index (χ2n) is 4.21. The van der Waals surface area contributed by atoms with E-state index in [-0.39, 0.29) is 5.78 Å². The van der Waals surface area contributed by atoms with E-state index in [1.54, 1.807) is 0 Å². The van der Waals surface area contributed by atoms with Gasteiger partial charge in [0.25, 0.3) is 0 Å². The average molecular weight is 283 g/mol. The number of ketones is 1. The first kappa shape index (κ1) is 11.6. The van der Waals surface area contributed by atoms with Gasteiger partial charge in [-0.25, -0.2) is 0 Å². The Labute approximate surface area is 104 Å². The number of carbonyl (C=O) groups excluding carboxylic acids is 1. The largest absolute Gasteiger partial charge is 0.493 e. The van der Waals surface area contributed by atoms with Gasteiger partial charge in [0.1, 0.15) is 5.75 Å². The molecule has 0 radical (unpaired) electrons. The first-order valence-electron chi connectivity index (χ1n) is 5.65. The lowest BCUT2D eigenvalue weighted by atomic mass is 10.1. The van der Waals surface area contributed by atoms with Crippen molar-refractivity contribution in [1.29, 1.82) is 0 Å². The van der Waals surface area contributed by atoms with Crippen molar-refractivity contribution in [1.82, 2.24) is 0 Å². The molecule has 1 aliphatic rings. The molecule has 0 saturated heterocycles. The van der Waals surface area contributed by atoms with Crippen LogP contribution in [0.2, 0.25) is 0 Å².